The lowest BCUT2D eigenvalue weighted by molar-refractivity contribution is -0.145. The summed E-state index contributed by atoms with van der Waals surface area (Å²) in [6, 6.07) is 2.68. The topological polar surface area (TPSA) is 124 Å². The van der Waals surface area contributed by atoms with Crippen LogP contribution in [0.1, 0.15) is 16.8 Å². The third-order valence-electron chi connectivity index (χ3n) is 2.19. The number of phenols is 1. The van der Waals surface area contributed by atoms with Crippen molar-refractivity contribution in [2.24, 2.45) is 0 Å². The summed E-state index contributed by atoms with van der Waals surface area (Å²) >= 11 is 1.92. The molecule has 1 amide bonds. The number of hydrogen-bond acceptors (Lipinski definition) is 4. The lowest BCUT2D eigenvalue weighted by Gasteiger charge is -2.13. The second-order valence-electron chi connectivity index (χ2n) is 3.62. The van der Waals surface area contributed by atoms with E-state index in [2.05, 4.69) is 0 Å². The summed E-state index contributed by atoms with van der Waals surface area (Å²) in [7, 11) is 0. The molecule has 0 aliphatic carbocycles. The van der Waals surface area contributed by atoms with E-state index in [1.54, 1.807) is 6.07 Å². The number of aromatic hydroxyl groups is 1. The molecule has 4 N–H and O–H groups in total. The van der Waals surface area contributed by atoms with Crippen LogP contribution in [-0.2, 0) is 9.59 Å². The minimum Gasteiger partial charge on any atom is -0.507 e. The molecule has 0 saturated heterocycles. The van der Waals surface area contributed by atoms with Crippen LogP contribution in [-0.4, -0.2) is 39.2 Å². The van der Waals surface area contributed by atoms with Gasteiger partial charge in [0.25, 0.3) is 5.91 Å². The van der Waals surface area contributed by atoms with Crippen molar-refractivity contribution in [3.05, 3.63) is 27.3 Å². The molecular weight excluding hydrogens is 369 g/mol. The number of halogens is 1. The molecule has 102 valence electrons. The number of phenolic OH excluding ortho intramolecular Hbond substituents is 1. The molecule has 0 saturated carbocycles. The molecule has 1 atom stereocenters. The van der Waals surface area contributed by atoms with Crippen molar-refractivity contribution in [2.75, 3.05) is 0 Å². The number of nitrogens with one attached hydrogen (secondary N) is 1. The fourth-order valence-electron chi connectivity index (χ4n) is 1.30. The van der Waals surface area contributed by atoms with Gasteiger partial charge in [-0.25, -0.2) is 4.79 Å². The Morgan fingerprint density at radius 3 is 2.42 bits per heavy atom. The van der Waals surface area contributed by atoms with Crippen molar-refractivity contribution in [3.8, 4) is 5.75 Å². The zero-order valence-electron chi connectivity index (χ0n) is 9.46. The molecule has 0 bridgehead atoms. The van der Waals surface area contributed by atoms with Crippen LogP contribution in [0.2, 0.25) is 0 Å². The third-order valence-corrected chi connectivity index (χ3v) is 2.86. The van der Waals surface area contributed by atoms with Gasteiger partial charge in [-0.15, -0.1) is 0 Å². The van der Waals surface area contributed by atoms with E-state index >= 15 is 0 Å². The number of rotatable bonds is 5. The van der Waals surface area contributed by atoms with Gasteiger partial charge in [0.15, 0.2) is 0 Å². The maximum atomic E-state index is 11.8. The van der Waals surface area contributed by atoms with Crippen LogP contribution >= 0.6 is 22.6 Å². The smallest absolute Gasteiger partial charge is 0.326 e. The molecule has 0 fully saturated rings. The first-order valence-corrected chi connectivity index (χ1v) is 6.13. The van der Waals surface area contributed by atoms with Gasteiger partial charge in [0.1, 0.15) is 11.8 Å². The van der Waals surface area contributed by atoms with Crippen LogP contribution in [0.3, 0.4) is 0 Å². The van der Waals surface area contributed by atoms with E-state index in [1.165, 1.54) is 12.1 Å². The molecule has 0 aromatic heterocycles. The molecule has 8 heteroatoms. The molecule has 0 aliphatic heterocycles. The highest BCUT2D eigenvalue weighted by Crippen LogP contribution is 2.19. The molecule has 19 heavy (non-hydrogen) atoms. The van der Waals surface area contributed by atoms with Gasteiger partial charge in [0, 0.05) is 3.57 Å². The third kappa shape index (κ3) is 4.39. The standard InChI is InChI=1S/C11H10INO6/c12-5-1-2-8(14)6(3-5)10(17)13-7(11(18)19)4-9(15)16/h1-3,7,14H,4H2,(H,13,17)(H,15,16)(H,18,19)/t7-/m1/s1. The van der Waals surface area contributed by atoms with Gasteiger partial charge in [-0.3, -0.25) is 9.59 Å². The maximum absolute atomic E-state index is 11.8. The number of hydrogen-bond donors (Lipinski definition) is 4. The van der Waals surface area contributed by atoms with E-state index in [0.717, 1.165) is 0 Å². The second-order valence-corrected chi connectivity index (χ2v) is 4.87. The zero-order valence-corrected chi connectivity index (χ0v) is 11.6. The van der Waals surface area contributed by atoms with Crippen LogP contribution in [0, 0.1) is 3.57 Å². The van der Waals surface area contributed by atoms with Crippen LogP contribution < -0.4 is 5.32 Å². The summed E-state index contributed by atoms with van der Waals surface area (Å²) in [5.41, 5.74) is -0.108. The van der Waals surface area contributed by atoms with Crippen molar-refractivity contribution < 1.29 is 29.7 Å². The average molecular weight is 379 g/mol. The molecular formula is C11H10INO6. The Kier molecular flexibility index (Phi) is 5.10. The Balaban J connectivity index is 2.90. The highest BCUT2D eigenvalue weighted by molar-refractivity contribution is 14.1. The average Bonchev–Trinajstić information content (AvgIpc) is 2.30. The Hall–Kier alpha value is -1.84. The van der Waals surface area contributed by atoms with E-state index in [0.29, 0.717) is 3.57 Å². The molecule has 0 unspecified atom stereocenters. The fraction of sp³-hybridized carbons (Fsp3) is 0.182. The van der Waals surface area contributed by atoms with Gasteiger partial charge in [0.2, 0.25) is 0 Å². The van der Waals surface area contributed by atoms with Gasteiger partial charge in [-0.1, -0.05) is 0 Å². The van der Waals surface area contributed by atoms with Crippen LogP contribution in [0.15, 0.2) is 18.2 Å². The first kappa shape index (κ1) is 15.2. The lowest BCUT2D eigenvalue weighted by atomic mass is 10.1. The molecule has 1 aromatic rings. The molecule has 0 aliphatic rings. The SMILES string of the molecule is O=C(O)C[C@@H](NC(=O)c1cc(I)ccc1O)C(=O)O. The Bertz CT molecular complexity index is 530. The molecule has 0 heterocycles. The summed E-state index contributed by atoms with van der Waals surface area (Å²) in [5.74, 6) is -3.96. The van der Waals surface area contributed by atoms with Crippen molar-refractivity contribution in [2.45, 2.75) is 12.5 Å². The predicted molar refractivity (Wildman–Crippen MR) is 72.0 cm³/mol. The highest BCUT2D eigenvalue weighted by atomic mass is 127. The quantitative estimate of drug-likeness (QED) is 0.557. The van der Waals surface area contributed by atoms with E-state index in [1.807, 2.05) is 27.9 Å². The fourth-order valence-corrected chi connectivity index (χ4v) is 1.79. The molecule has 0 radical (unpaired) electrons. The van der Waals surface area contributed by atoms with Crippen LogP contribution in [0.4, 0.5) is 0 Å². The summed E-state index contributed by atoms with van der Waals surface area (Å²) < 4.78 is 0.672. The number of carboxylic acid groups (broad SMARTS) is 2. The number of benzene rings is 1. The first-order chi connectivity index (χ1) is 8.81. The van der Waals surface area contributed by atoms with Gasteiger partial charge in [0.05, 0.1) is 12.0 Å². The number of carboxylic acids is 2. The molecule has 7 nitrogen and oxygen atoms in total. The number of amides is 1. The van der Waals surface area contributed by atoms with Gasteiger partial charge >= 0.3 is 11.9 Å². The monoisotopic (exact) mass is 379 g/mol. The Morgan fingerprint density at radius 1 is 1.26 bits per heavy atom. The zero-order chi connectivity index (χ0) is 14.6. The van der Waals surface area contributed by atoms with Crippen molar-refractivity contribution in [3.63, 3.8) is 0 Å². The van der Waals surface area contributed by atoms with E-state index in [9.17, 15) is 19.5 Å². The maximum Gasteiger partial charge on any atom is 0.326 e. The van der Waals surface area contributed by atoms with Gasteiger partial charge in [-0.2, -0.15) is 0 Å². The summed E-state index contributed by atoms with van der Waals surface area (Å²) in [6.07, 6.45) is -0.744. The minimum atomic E-state index is -1.55. The van der Waals surface area contributed by atoms with Crippen molar-refractivity contribution >= 4 is 40.4 Å². The predicted octanol–water partition coefficient (Wildman–Crippen LogP) is 0.654. The minimum absolute atomic E-state index is 0.108. The van der Waals surface area contributed by atoms with Gasteiger partial charge < -0.3 is 20.6 Å². The van der Waals surface area contributed by atoms with Crippen molar-refractivity contribution in [1.82, 2.24) is 5.32 Å². The summed E-state index contributed by atoms with van der Waals surface area (Å²) in [6.45, 7) is 0. The Morgan fingerprint density at radius 2 is 1.89 bits per heavy atom. The molecule has 1 rings (SSSR count). The Labute approximate surface area is 121 Å². The lowest BCUT2D eigenvalue weighted by Crippen LogP contribution is -2.42. The molecule has 1 aromatic carbocycles. The van der Waals surface area contributed by atoms with E-state index < -0.39 is 30.3 Å². The van der Waals surface area contributed by atoms with E-state index in [4.69, 9.17) is 10.2 Å². The summed E-state index contributed by atoms with van der Waals surface area (Å²) in [4.78, 5) is 33.1. The number of carbonyl (C=O) groups is 3. The van der Waals surface area contributed by atoms with Crippen LogP contribution in [0.25, 0.3) is 0 Å². The second kappa shape index (κ2) is 6.36. The van der Waals surface area contributed by atoms with Gasteiger partial charge in [-0.05, 0) is 40.8 Å². The van der Waals surface area contributed by atoms with Crippen LogP contribution in [0.5, 0.6) is 5.75 Å². The van der Waals surface area contributed by atoms with E-state index in [-0.39, 0.29) is 11.3 Å². The largest absolute Gasteiger partial charge is 0.507 e. The highest BCUT2D eigenvalue weighted by Gasteiger charge is 2.24. The van der Waals surface area contributed by atoms with Crippen molar-refractivity contribution in [1.29, 1.82) is 0 Å². The summed E-state index contributed by atoms with van der Waals surface area (Å²) in [5, 5.41) is 28.9. The number of carbonyl (C=O) groups excluding carboxylic acids is 1. The first-order valence-electron chi connectivity index (χ1n) is 5.05. The number of aliphatic carboxylic acids is 2. The molecule has 0 spiro atoms. The normalized spacial score (nSPS) is 11.6.